The van der Waals surface area contributed by atoms with Gasteiger partial charge in [-0.3, -0.25) is 0 Å². The van der Waals surface area contributed by atoms with E-state index in [1.807, 2.05) is 0 Å². The zero-order chi connectivity index (χ0) is 60.7. The van der Waals surface area contributed by atoms with Gasteiger partial charge in [0.2, 0.25) is 0 Å². The lowest BCUT2D eigenvalue weighted by atomic mass is 9.65. The maximum Gasteiger partial charge on any atom is 0.0725 e. The predicted molar refractivity (Wildman–Crippen MR) is 384 cm³/mol. The SMILES string of the molecule is c1ccc(-c2cccc(-c3cc(-c4cccc(-c5ccccc5)c4)cc(C4(c5cc(-c6cccc(-c7ccccc7)c6)cc(-c6cccc(-c7ccccc7)c6)c5)c5ccccc5-c5c4ccc4c5-c5ccccc5C45c4ccccc4-c4ccccc45)c3)c2)cc1. The largest absolute Gasteiger partial charge is 0.0725 e. The van der Waals surface area contributed by atoms with Gasteiger partial charge in [0.05, 0.1) is 10.8 Å². The third-order valence-electron chi connectivity index (χ3n) is 20.1. The zero-order valence-corrected chi connectivity index (χ0v) is 50.6. The van der Waals surface area contributed by atoms with Gasteiger partial charge in [0.1, 0.15) is 0 Å². The van der Waals surface area contributed by atoms with E-state index in [2.05, 4.69) is 364 Å². The second-order valence-corrected chi connectivity index (χ2v) is 25.0. The average molecular weight is 1170 g/mol. The Morgan fingerprint density at radius 3 is 0.663 bits per heavy atom. The topological polar surface area (TPSA) is 0 Å². The van der Waals surface area contributed by atoms with E-state index in [1.54, 1.807) is 0 Å². The Morgan fingerprint density at radius 2 is 0.348 bits per heavy atom. The first kappa shape index (κ1) is 53.3. The second-order valence-electron chi connectivity index (χ2n) is 25.0. The quantitative estimate of drug-likeness (QED) is 0.128. The Labute approximate surface area is 538 Å². The van der Waals surface area contributed by atoms with Crippen molar-refractivity contribution in [2.45, 2.75) is 10.8 Å². The molecule has 0 N–H and O–H groups in total. The van der Waals surface area contributed by atoms with Gasteiger partial charge in [0.15, 0.2) is 0 Å². The fourth-order valence-electron chi connectivity index (χ4n) is 16.1. The highest BCUT2D eigenvalue weighted by Crippen LogP contribution is 2.68. The van der Waals surface area contributed by atoms with E-state index in [-0.39, 0.29) is 0 Å². The molecule has 0 radical (unpaired) electrons. The van der Waals surface area contributed by atoms with Crippen LogP contribution in [0.5, 0.6) is 0 Å². The molecule has 3 aliphatic rings. The van der Waals surface area contributed by atoms with Gasteiger partial charge >= 0.3 is 0 Å². The first-order valence-electron chi connectivity index (χ1n) is 32.1. The molecule has 15 aromatic rings. The maximum absolute atomic E-state index is 2.56. The fraction of sp³-hybridized carbons (Fsp3) is 0.0217. The van der Waals surface area contributed by atoms with Gasteiger partial charge in [-0.1, -0.05) is 303 Å². The Morgan fingerprint density at radius 1 is 0.130 bits per heavy atom. The standard InChI is InChI=1S/C92H60/c1-5-25-61(26-6-1)65-33-21-37-69(51-65)73-55-74(70-38-22-34-66(52-70)62-27-7-2-8-28-62)58-77(57-73)91(78-59-75(71-39-23-35-67(53-71)63-29-9-3-10-30-63)56-76(60-78)72-40-24-36-68(54-72)64-31-11-4-12-32-64)85-47-19-15-43-81(85)89-87(91)49-50-88-90(89)82-44-16-20-48-86(82)92(88)83-45-17-13-41-79(83)80-42-14-18-46-84(80)92/h1-60H. The van der Waals surface area contributed by atoms with Gasteiger partial charge in [0.25, 0.3) is 0 Å². The molecule has 3 aliphatic carbocycles. The summed E-state index contributed by atoms with van der Waals surface area (Å²) < 4.78 is 0. The summed E-state index contributed by atoms with van der Waals surface area (Å²) in [6.07, 6.45) is 0. The fourth-order valence-corrected chi connectivity index (χ4v) is 16.1. The molecule has 0 unspecified atom stereocenters. The molecule has 92 heavy (non-hydrogen) atoms. The van der Waals surface area contributed by atoms with Crippen LogP contribution in [0.15, 0.2) is 364 Å². The minimum Gasteiger partial charge on any atom is -0.0622 e. The molecule has 0 heteroatoms. The Hall–Kier alpha value is -11.7. The van der Waals surface area contributed by atoms with Crippen molar-refractivity contribution < 1.29 is 0 Å². The van der Waals surface area contributed by atoms with Crippen LogP contribution in [-0.4, -0.2) is 0 Å². The molecular weight excluding hydrogens is 1110 g/mol. The van der Waals surface area contributed by atoms with Crippen molar-refractivity contribution in [3.63, 3.8) is 0 Å². The van der Waals surface area contributed by atoms with Crippen molar-refractivity contribution in [1.82, 2.24) is 0 Å². The van der Waals surface area contributed by atoms with Gasteiger partial charge in [-0.15, -0.1) is 0 Å². The third kappa shape index (κ3) is 8.31. The smallest absolute Gasteiger partial charge is 0.0622 e. The van der Waals surface area contributed by atoms with Crippen LogP contribution in [0.2, 0.25) is 0 Å². The molecule has 0 fully saturated rings. The highest BCUT2D eigenvalue weighted by atomic mass is 14.6. The summed E-state index contributed by atoms with van der Waals surface area (Å²) in [7, 11) is 0. The van der Waals surface area contributed by atoms with Crippen LogP contribution < -0.4 is 0 Å². The van der Waals surface area contributed by atoms with Gasteiger partial charge < -0.3 is 0 Å². The van der Waals surface area contributed by atoms with Crippen LogP contribution >= 0.6 is 0 Å². The van der Waals surface area contributed by atoms with Crippen LogP contribution in [0.25, 0.3) is 122 Å². The molecular formula is C92H60. The summed E-state index contributed by atoms with van der Waals surface area (Å²) >= 11 is 0. The molecule has 1 spiro atoms. The van der Waals surface area contributed by atoms with Gasteiger partial charge in [-0.2, -0.15) is 0 Å². The summed E-state index contributed by atoms with van der Waals surface area (Å²) in [6, 6.07) is 137. The average Bonchev–Trinajstić information content (AvgIpc) is 1.49. The minimum atomic E-state index is -0.894. The predicted octanol–water partition coefficient (Wildman–Crippen LogP) is 23.7. The molecule has 18 rings (SSSR count). The third-order valence-corrected chi connectivity index (χ3v) is 20.1. The summed E-state index contributed by atoms with van der Waals surface area (Å²) in [5, 5.41) is 0. The molecule has 428 valence electrons. The summed E-state index contributed by atoms with van der Waals surface area (Å²) in [6.45, 7) is 0. The molecule has 0 heterocycles. The molecule has 0 saturated heterocycles. The molecule has 0 atom stereocenters. The van der Waals surface area contributed by atoms with Gasteiger partial charge in [0, 0.05) is 0 Å². The number of fused-ring (bicyclic) bond motifs is 14. The zero-order valence-electron chi connectivity index (χ0n) is 50.6. The van der Waals surface area contributed by atoms with E-state index in [0.717, 1.165) is 44.5 Å². The molecule has 0 bridgehead atoms. The first-order chi connectivity index (χ1) is 45.6. The van der Waals surface area contributed by atoms with E-state index in [1.165, 1.54) is 122 Å². The Bertz CT molecular complexity index is 4920. The summed E-state index contributed by atoms with van der Waals surface area (Å²) in [5.74, 6) is 0. The maximum atomic E-state index is 2.56. The van der Waals surface area contributed by atoms with E-state index in [4.69, 9.17) is 0 Å². The Kier molecular flexibility index (Phi) is 12.5. The number of rotatable bonds is 10. The van der Waals surface area contributed by atoms with Crippen LogP contribution in [0.4, 0.5) is 0 Å². The normalized spacial score (nSPS) is 13.2. The molecule has 0 aromatic heterocycles. The van der Waals surface area contributed by atoms with E-state index in [0.29, 0.717) is 0 Å². The summed E-state index contributed by atoms with van der Waals surface area (Å²) in [4.78, 5) is 0. The molecule has 0 nitrogen and oxygen atoms in total. The lowest BCUT2D eigenvalue weighted by molar-refractivity contribution is 0.765. The van der Waals surface area contributed by atoms with Crippen molar-refractivity contribution in [2.24, 2.45) is 0 Å². The van der Waals surface area contributed by atoms with Crippen LogP contribution in [0, 0.1) is 0 Å². The first-order valence-corrected chi connectivity index (χ1v) is 32.1. The van der Waals surface area contributed by atoms with E-state index < -0.39 is 10.8 Å². The van der Waals surface area contributed by atoms with Crippen molar-refractivity contribution in [3.05, 3.63) is 408 Å². The van der Waals surface area contributed by atoms with Crippen LogP contribution in [0.1, 0.15) is 44.5 Å². The van der Waals surface area contributed by atoms with Crippen LogP contribution in [-0.2, 0) is 10.8 Å². The summed E-state index contributed by atoms with van der Waals surface area (Å²) in [5.41, 5.74) is 35.3. The molecule has 15 aromatic carbocycles. The van der Waals surface area contributed by atoms with Gasteiger partial charge in [-0.25, -0.2) is 0 Å². The van der Waals surface area contributed by atoms with Crippen molar-refractivity contribution in [1.29, 1.82) is 0 Å². The lowest BCUT2D eigenvalue weighted by Crippen LogP contribution is -2.29. The van der Waals surface area contributed by atoms with Crippen molar-refractivity contribution >= 4 is 0 Å². The van der Waals surface area contributed by atoms with Gasteiger partial charge in [-0.05, 0) is 228 Å². The van der Waals surface area contributed by atoms with E-state index in [9.17, 15) is 0 Å². The van der Waals surface area contributed by atoms with Crippen molar-refractivity contribution in [3.8, 4) is 122 Å². The number of hydrogen-bond acceptors (Lipinski definition) is 0. The highest BCUT2D eigenvalue weighted by Gasteiger charge is 2.55. The second kappa shape index (κ2) is 21.5. The Balaban J connectivity index is 0.982. The van der Waals surface area contributed by atoms with Crippen LogP contribution in [0.3, 0.4) is 0 Å². The number of benzene rings is 15. The monoisotopic (exact) mass is 1160 g/mol. The lowest BCUT2D eigenvalue weighted by Gasteiger charge is -2.36. The number of hydrogen-bond donors (Lipinski definition) is 0. The van der Waals surface area contributed by atoms with E-state index >= 15 is 0 Å². The van der Waals surface area contributed by atoms with Crippen molar-refractivity contribution in [2.75, 3.05) is 0 Å². The highest BCUT2D eigenvalue weighted by molar-refractivity contribution is 6.05. The molecule has 0 amide bonds. The minimum absolute atomic E-state index is 0.532. The molecule has 0 saturated carbocycles. The molecule has 0 aliphatic heterocycles.